The second-order valence-electron chi connectivity index (χ2n) is 6.66. The van der Waals surface area contributed by atoms with E-state index >= 15 is 0 Å². The number of nitrogens with two attached hydrogens (primary N) is 1. The van der Waals surface area contributed by atoms with Crippen LogP contribution in [0.25, 0.3) is 11.1 Å². The molecule has 2 heterocycles. The van der Waals surface area contributed by atoms with Crippen molar-refractivity contribution in [2.45, 2.75) is 11.8 Å². The van der Waals surface area contributed by atoms with Crippen molar-refractivity contribution in [1.29, 1.82) is 0 Å². The summed E-state index contributed by atoms with van der Waals surface area (Å²) >= 11 is 0. The summed E-state index contributed by atoms with van der Waals surface area (Å²) in [5, 5.41) is 11.3. The van der Waals surface area contributed by atoms with Crippen LogP contribution in [-0.2, 0) is 17.1 Å². The van der Waals surface area contributed by atoms with E-state index < -0.39 is 15.8 Å². The largest absolute Gasteiger partial charge is 0.419 e. The van der Waals surface area contributed by atoms with Gasteiger partial charge in [-0.05, 0) is 43.3 Å². The van der Waals surface area contributed by atoms with Gasteiger partial charge in [-0.1, -0.05) is 6.07 Å². The van der Waals surface area contributed by atoms with Crippen LogP contribution in [0.2, 0.25) is 0 Å². The molecule has 0 aliphatic carbocycles. The Morgan fingerprint density at radius 1 is 1.10 bits per heavy atom. The lowest BCUT2D eigenvalue weighted by atomic mass is 10.2. The minimum absolute atomic E-state index is 0.0167. The van der Waals surface area contributed by atoms with Crippen molar-refractivity contribution in [2.24, 2.45) is 12.2 Å². The Hall–Kier alpha value is -3.70. The fourth-order valence-electron chi connectivity index (χ4n) is 2.85. The van der Waals surface area contributed by atoms with E-state index in [2.05, 4.69) is 20.6 Å². The molecule has 4 N–H and O–H groups in total. The highest BCUT2D eigenvalue weighted by atomic mass is 32.2. The monoisotopic (exact) mass is 426 g/mol. The quantitative estimate of drug-likeness (QED) is 0.441. The second-order valence-corrected chi connectivity index (χ2v) is 8.22. The van der Waals surface area contributed by atoms with Gasteiger partial charge in [0.1, 0.15) is 5.82 Å². The maximum absolute atomic E-state index is 11.7. The number of sulfonamides is 1. The molecule has 0 saturated carbocycles. The van der Waals surface area contributed by atoms with Crippen molar-refractivity contribution in [2.75, 3.05) is 10.6 Å². The van der Waals surface area contributed by atoms with Crippen molar-refractivity contribution < 1.29 is 12.8 Å². The molecule has 10 nitrogen and oxygen atoms in total. The molecule has 0 aliphatic rings. The van der Waals surface area contributed by atoms with Crippen molar-refractivity contribution >= 4 is 44.3 Å². The molecule has 4 aromatic rings. The first-order valence-electron chi connectivity index (χ1n) is 8.81. The average Bonchev–Trinajstić information content (AvgIpc) is 2.98. The number of hydrogen-bond donors (Lipinski definition) is 3. The van der Waals surface area contributed by atoms with Crippen molar-refractivity contribution in [3.8, 4) is 0 Å². The molecule has 0 atom stereocenters. The summed E-state index contributed by atoms with van der Waals surface area (Å²) in [5.74, 6) is 0.378. The zero-order valence-electron chi connectivity index (χ0n) is 16.1. The third-order valence-electron chi connectivity index (χ3n) is 4.44. The van der Waals surface area contributed by atoms with Crippen LogP contribution in [0.5, 0.6) is 0 Å². The van der Waals surface area contributed by atoms with Gasteiger partial charge in [-0.3, -0.25) is 4.57 Å². The average molecular weight is 426 g/mol. The van der Waals surface area contributed by atoms with Crippen LogP contribution in [0.3, 0.4) is 0 Å². The van der Waals surface area contributed by atoms with Crippen LogP contribution in [0.1, 0.15) is 5.56 Å². The minimum Gasteiger partial charge on any atom is -0.408 e. The standard InChI is InChI=1S/C19H18N6O4S/c1-11-10-21-18(23-12-4-3-5-14(8-12)30(20,27)28)24-17(11)22-13-6-7-16-15(9-13)25(2)19(26)29-16/h3-10H,1-2H3,(H2,20,27,28)(H2,21,22,23,24). The molecule has 0 amide bonds. The molecule has 0 bridgehead atoms. The topological polar surface area (TPSA) is 145 Å². The van der Waals surface area contributed by atoms with Gasteiger partial charge in [-0.2, -0.15) is 4.98 Å². The first kappa shape index (κ1) is 19.6. The van der Waals surface area contributed by atoms with Crippen molar-refractivity contribution in [1.82, 2.24) is 14.5 Å². The lowest BCUT2D eigenvalue weighted by Gasteiger charge is -2.11. The van der Waals surface area contributed by atoms with E-state index in [0.717, 1.165) is 5.56 Å². The summed E-state index contributed by atoms with van der Waals surface area (Å²) in [4.78, 5) is 20.3. The summed E-state index contributed by atoms with van der Waals surface area (Å²) < 4.78 is 29.6. The molecule has 2 aromatic carbocycles. The lowest BCUT2D eigenvalue weighted by Crippen LogP contribution is -2.12. The number of nitrogens with zero attached hydrogens (tertiary/aromatic N) is 3. The predicted molar refractivity (Wildman–Crippen MR) is 113 cm³/mol. The number of primary sulfonamides is 1. The van der Waals surface area contributed by atoms with Crippen LogP contribution in [0.15, 0.2) is 62.8 Å². The number of nitrogens with one attached hydrogen (secondary N) is 2. The molecule has 0 aliphatic heterocycles. The van der Waals surface area contributed by atoms with Gasteiger partial charge in [-0.25, -0.2) is 23.3 Å². The third-order valence-corrected chi connectivity index (χ3v) is 5.36. The first-order valence-corrected chi connectivity index (χ1v) is 10.4. The van der Waals surface area contributed by atoms with E-state index in [1.165, 1.54) is 16.7 Å². The number of benzene rings is 2. The van der Waals surface area contributed by atoms with Gasteiger partial charge in [0.05, 0.1) is 10.4 Å². The Labute approximate surface area is 171 Å². The van der Waals surface area contributed by atoms with Gasteiger partial charge in [-0.15, -0.1) is 0 Å². The van der Waals surface area contributed by atoms with E-state index in [1.54, 1.807) is 43.6 Å². The Balaban J connectivity index is 1.63. The van der Waals surface area contributed by atoms with E-state index in [1.807, 2.05) is 6.92 Å². The summed E-state index contributed by atoms with van der Waals surface area (Å²) in [6.07, 6.45) is 1.63. The van der Waals surface area contributed by atoms with Gasteiger partial charge in [0.15, 0.2) is 5.58 Å². The van der Waals surface area contributed by atoms with Gasteiger partial charge >= 0.3 is 5.76 Å². The van der Waals surface area contributed by atoms with Gasteiger partial charge in [0.2, 0.25) is 16.0 Å². The molecular formula is C19H18N6O4S. The highest BCUT2D eigenvalue weighted by Crippen LogP contribution is 2.24. The normalized spacial score (nSPS) is 11.6. The number of fused-ring (bicyclic) bond motifs is 1. The Morgan fingerprint density at radius 3 is 2.63 bits per heavy atom. The summed E-state index contributed by atoms with van der Waals surface area (Å²) in [6.45, 7) is 1.85. The van der Waals surface area contributed by atoms with E-state index in [9.17, 15) is 13.2 Å². The minimum atomic E-state index is -3.82. The van der Waals surface area contributed by atoms with Crippen molar-refractivity contribution in [3.05, 3.63) is 64.8 Å². The molecule has 0 saturated heterocycles. The van der Waals surface area contributed by atoms with Crippen LogP contribution in [-0.4, -0.2) is 23.0 Å². The zero-order valence-corrected chi connectivity index (χ0v) is 16.9. The van der Waals surface area contributed by atoms with E-state index in [4.69, 9.17) is 9.56 Å². The zero-order chi connectivity index (χ0) is 21.5. The fourth-order valence-corrected chi connectivity index (χ4v) is 3.41. The highest BCUT2D eigenvalue weighted by Gasteiger charge is 2.11. The summed E-state index contributed by atoms with van der Waals surface area (Å²) in [5.41, 5.74) is 3.12. The molecule has 154 valence electrons. The molecule has 0 fully saturated rings. The SMILES string of the molecule is Cc1cnc(Nc2cccc(S(N)(=O)=O)c2)nc1Nc1ccc2oc(=O)n(C)c2c1. The highest BCUT2D eigenvalue weighted by molar-refractivity contribution is 7.89. The summed E-state index contributed by atoms with van der Waals surface area (Å²) in [6, 6.07) is 11.3. The number of oxazole rings is 1. The molecule has 2 aromatic heterocycles. The van der Waals surface area contributed by atoms with Crippen LogP contribution < -0.4 is 21.5 Å². The summed E-state index contributed by atoms with van der Waals surface area (Å²) in [7, 11) is -2.19. The molecule has 4 rings (SSSR count). The Kier molecular flexibility index (Phi) is 4.76. The Bertz CT molecular complexity index is 1420. The molecule has 30 heavy (non-hydrogen) atoms. The van der Waals surface area contributed by atoms with Crippen LogP contribution in [0.4, 0.5) is 23.1 Å². The van der Waals surface area contributed by atoms with Gasteiger partial charge < -0.3 is 15.1 Å². The number of aromatic nitrogens is 3. The number of anilines is 4. The second kappa shape index (κ2) is 7.28. The smallest absolute Gasteiger partial charge is 0.408 e. The van der Waals surface area contributed by atoms with E-state index in [0.29, 0.717) is 28.3 Å². The maximum Gasteiger partial charge on any atom is 0.419 e. The molecular weight excluding hydrogens is 408 g/mol. The van der Waals surface area contributed by atoms with Crippen LogP contribution in [0, 0.1) is 6.92 Å². The lowest BCUT2D eigenvalue weighted by molar-refractivity contribution is 0.528. The fraction of sp³-hybridized carbons (Fsp3) is 0.105. The number of hydrogen-bond acceptors (Lipinski definition) is 8. The number of rotatable bonds is 5. The van der Waals surface area contributed by atoms with Crippen molar-refractivity contribution in [3.63, 3.8) is 0 Å². The first-order chi connectivity index (χ1) is 14.2. The molecule has 0 unspecified atom stereocenters. The number of aryl methyl sites for hydroxylation is 2. The van der Waals surface area contributed by atoms with Gasteiger partial charge in [0.25, 0.3) is 0 Å². The van der Waals surface area contributed by atoms with E-state index in [-0.39, 0.29) is 10.8 Å². The van der Waals surface area contributed by atoms with Crippen LogP contribution >= 0.6 is 0 Å². The molecule has 0 spiro atoms. The molecule has 0 radical (unpaired) electrons. The van der Waals surface area contributed by atoms with Gasteiger partial charge in [0, 0.05) is 30.2 Å². The third kappa shape index (κ3) is 3.88. The predicted octanol–water partition coefficient (Wildman–Crippen LogP) is 2.36. The Morgan fingerprint density at radius 2 is 1.87 bits per heavy atom. The maximum atomic E-state index is 11.7. The molecule has 11 heteroatoms.